The lowest BCUT2D eigenvalue weighted by Gasteiger charge is -2.11. The molecule has 0 heterocycles. The summed E-state index contributed by atoms with van der Waals surface area (Å²) in [6, 6.07) is 23.2. The molecule has 0 atom stereocenters. The molecule has 0 saturated carbocycles. The van der Waals surface area contributed by atoms with Crippen LogP contribution < -0.4 is 10.1 Å². The minimum absolute atomic E-state index is 0.0625. The van der Waals surface area contributed by atoms with Crippen LogP contribution in [0.15, 0.2) is 78.4 Å². The minimum Gasteiger partial charge on any atom is -0.488 e. The predicted octanol–water partition coefficient (Wildman–Crippen LogP) is 6.12. The van der Waals surface area contributed by atoms with E-state index in [4.69, 9.17) is 27.9 Å². The van der Waals surface area contributed by atoms with E-state index in [0.29, 0.717) is 33.7 Å². The first-order valence-corrected chi connectivity index (χ1v) is 9.46. The summed E-state index contributed by atoms with van der Waals surface area (Å²) in [6.07, 6.45) is 1.46. The summed E-state index contributed by atoms with van der Waals surface area (Å²) in [7, 11) is 0. The maximum atomic E-state index is 12.5. The van der Waals surface area contributed by atoms with Crippen molar-refractivity contribution in [2.24, 2.45) is 0 Å². The number of para-hydroxylation sites is 1. The van der Waals surface area contributed by atoms with E-state index >= 15 is 0 Å². The first-order valence-electron chi connectivity index (χ1n) is 8.70. The average Bonchev–Trinajstić information content (AvgIpc) is 2.73. The third-order valence-corrected chi connectivity index (χ3v) is 4.46. The standard InChI is InChI=1S/C23H16Cl2N2O2/c24-19-8-6-16(7-9-19)15-29-22-11-10-20(25)13-17(22)12-18(14-26)23(28)27-21-4-2-1-3-5-21/h1-13H,15H2,(H,27,28)/b18-12+. The van der Waals surface area contributed by atoms with E-state index in [1.54, 1.807) is 54.6 Å². The number of carbonyl (C=O) groups is 1. The Morgan fingerprint density at radius 2 is 1.69 bits per heavy atom. The fourth-order valence-electron chi connectivity index (χ4n) is 2.53. The van der Waals surface area contributed by atoms with Gasteiger partial charge in [-0.3, -0.25) is 4.79 Å². The number of nitrogens with one attached hydrogen (secondary N) is 1. The highest BCUT2D eigenvalue weighted by molar-refractivity contribution is 6.31. The van der Waals surface area contributed by atoms with E-state index in [9.17, 15) is 10.1 Å². The predicted molar refractivity (Wildman–Crippen MR) is 116 cm³/mol. The van der Waals surface area contributed by atoms with Gasteiger partial charge in [0, 0.05) is 21.3 Å². The molecule has 4 nitrogen and oxygen atoms in total. The summed E-state index contributed by atoms with van der Waals surface area (Å²) >= 11 is 12.0. The van der Waals surface area contributed by atoms with E-state index in [-0.39, 0.29) is 5.57 Å². The van der Waals surface area contributed by atoms with Crippen LogP contribution in [0.4, 0.5) is 5.69 Å². The molecule has 0 bridgehead atoms. The van der Waals surface area contributed by atoms with Crippen molar-refractivity contribution in [1.29, 1.82) is 5.26 Å². The van der Waals surface area contributed by atoms with Gasteiger partial charge < -0.3 is 10.1 Å². The Kier molecular flexibility index (Phi) is 6.91. The first kappa shape index (κ1) is 20.5. The third-order valence-electron chi connectivity index (χ3n) is 3.98. The molecule has 0 aromatic heterocycles. The number of benzene rings is 3. The zero-order chi connectivity index (χ0) is 20.6. The summed E-state index contributed by atoms with van der Waals surface area (Å²) < 4.78 is 5.87. The molecule has 0 aliphatic rings. The average molecular weight is 423 g/mol. The number of halogens is 2. The highest BCUT2D eigenvalue weighted by Crippen LogP contribution is 2.26. The highest BCUT2D eigenvalue weighted by atomic mass is 35.5. The summed E-state index contributed by atoms with van der Waals surface area (Å²) in [5.74, 6) is -0.00746. The van der Waals surface area contributed by atoms with E-state index < -0.39 is 5.91 Å². The SMILES string of the molecule is N#C/C(=C\c1cc(Cl)ccc1OCc1ccc(Cl)cc1)C(=O)Nc1ccccc1. The van der Waals surface area contributed by atoms with E-state index in [0.717, 1.165) is 5.56 Å². The van der Waals surface area contributed by atoms with Crippen molar-refractivity contribution < 1.29 is 9.53 Å². The lowest BCUT2D eigenvalue weighted by Crippen LogP contribution is -2.13. The molecule has 3 aromatic rings. The van der Waals surface area contributed by atoms with E-state index in [2.05, 4.69) is 5.32 Å². The van der Waals surface area contributed by atoms with Crippen molar-refractivity contribution in [2.45, 2.75) is 6.61 Å². The van der Waals surface area contributed by atoms with Crippen molar-refractivity contribution >= 4 is 40.9 Å². The number of amides is 1. The lowest BCUT2D eigenvalue weighted by molar-refractivity contribution is -0.112. The van der Waals surface area contributed by atoms with Crippen LogP contribution in [0.5, 0.6) is 5.75 Å². The smallest absolute Gasteiger partial charge is 0.266 e. The van der Waals surface area contributed by atoms with Gasteiger partial charge in [-0.2, -0.15) is 5.26 Å². The molecule has 144 valence electrons. The highest BCUT2D eigenvalue weighted by Gasteiger charge is 2.12. The molecule has 3 rings (SSSR count). The van der Waals surface area contributed by atoms with E-state index in [1.807, 2.05) is 24.3 Å². The Bertz CT molecular complexity index is 1070. The van der Waals surface area contributed by atoms with E-state index in [1.165, 1.54) is 6.08 Å². The third kappa shape index (κ3) is 5.86. The summed E-state index contributed by atoms with van der Waals surface area (Å²) in [6.45, 7) is 0.303. The summed E-state index contributed by atoms with van der Waals surface area (Å²) in [5.41, 5.74) is 2.00. The molecular formula is C23H16Cl2N2O2. The Balaban J connectivity index is 1.82. The van der Waals surface area contributed by atoms with Gasteiger partial charge in [0.05, 0.1) is 0 Å². The second kappa shape index (κ2) is 9.79. The minimum atomic E-state index is -0.512. The molecule has 0 spiro atoms. The zero-order valence-electron chi connectivity index (χ0n) is 15.2. The van der Waals surface area contributed by atoms with Crippen molar-refractivity contribution in [3.05, 3.63) is 99.5 Å². The van der Waals surface area contributed by atoms with Crippen LogP contribution in [0, 0.1) is 11.3 Å². The second-order valence-corrected chi connectivity index (χ2v) is 6.96. The maximum Gasteiger partial charge on any atom is 0.266 e. The normalized spacial score (nSPS) is 10.9. The number of nitrogens with zero attached hydrogens (tertiary/aromatic N) is 1. The first-order chi connectivity index (χ1) is 14.0. The van der Waals surface area contributed by atoms with Crippen molar-refractivity contribution in [1.82, 2.24) is 0 Å². The van der Waals surface area contributed by atoms with Crippen LogP contribution in [0.1, 0.15) is 11.1 Å². The fourth-order valence-corrected chi connectivity index (χ4v) is 2.84. The van der Waals surface area contributed by atoms with Crippen molar-refractivity contribution in [2.75, 3.05) is 5.32 Å². The Hall–Kier alpha value is -3.26. The van der Waals surface area contributed by atoms with Crippen molar-refractivity contribution in [3.63, 3.8) is 0 Å². The number of carbonyl (C=O) groups excluding carboxylic acids is 1. The maximum absolute atomic E-state index is 12.5. The zero-order valence-corrected chi connectivity index (χ0v) is 16.7. The van der Waals surface area contributed by atoms with Gasteiger partial charge in [-0.05, 0) is 54.1 Å². The van der Waals surface area contributed by atoms with Gasteiger partial charge in [0.15, 0.2) is 0 Å². The van der Waals surface area contributed by atoms with Crippen LogP contribution in [0.2, 0.25) is 10.0 Å². The van der Waals surface area contributed by atoms with Crippen LogP contribution >= 0.6 is 23.2 Å². The van der Waals surface area contributed by atoms with Gasteiger partial charge in [0.1, 0.15) is 24.0 Å². The Morgan fingerprint density at radius 3 is 2.38 bits per heavy atom. The molecule has 0 aliphatic carbocycles. The summed E-state index contributed by atoms with van der Waals surface area (Å²) in [5, 5.41) is 13.3. The second-order valence-electron chi connectivity index (χ2n) is 6.09. The molecule has 29 heavy (non-hydrogen) atoms. The lowest BCUT2D eigenvalue weighted by atomic mass is 10.1. The Morgan fingerprint density at radius 1 is 1.00 bits per heavy atom. The molecule has 0 unspecified atom stereocenters. The van der Waals surface area contributed by atoms with Gasteiger partial charge in [-0.15, -0.1) is 0 Å². The topological polar surface area (TPSA) is 62.1 Å². The monoisotopic (exact) mass is 422 g/mol. The molecule has 3 aromatic carbocycles. The summed E-state index contributed by atoms with van der Waals surface area (Å²) in [4.78, 5) is 12.5. The largest absolute Gasteiger partial charge is 0.488 e. The number of nitriles is 1. The number of ether oxygens (including phenoxy) is 1. The van der Waals surface area contributed by atoms with Gasteiger partial charge in [0.25, 0.3) is 5.91 Å². The Labute approximate surface area is 179 Å². The molecule has 0 radical (unpaired) electrons. The quantitative estimate of drug-likeness (QED) is 0.384. The van der Waals surface area contributed by atoms with Crippen LogP contribution in [-0.4, -0.2) is 5.91 Å². The number of rotatable bonds is 6. The van der Waals surface area contributed by atoms with Gasteiger partial charge in [0.2, 0.25) is 0 Å². The van der Waals surface area contributed by atoms with Crippen LogP contribution in [-0.2, 0) is 11.4 Å². The number of hydrogen-bond acceptors (Lipinski definition) is 3. The van der Waals surface area contributed by atoms with Crippen LogP contribution in [0.3, 0.4) is 0 Å². The van der Waals surface area contributed by atoms with Gasteiger partial charge in [-0.1, -0.05) is 53.5 Å². The van der Waals surface area contributed by atoms with Crippen LogP contribution in [0.25, 0.3) is 6.08 Å². The fraction of sp³-hybridized carbons (Fsp3) is 0.0435. The molecule has 0 aliphatic heterocycles. The molecule has 1 N–H and O–H groups in total. The van der Waals surface area contributed by atoms with Gasteiger partial charge >= 0.3 is 0 Å². The van der Waals surface area contributed by atoms with Crippen molar-refractivity contribution in [3.8, 4) is 11.8 Å². The molecule has 0 saturated heterocycles. The molecule has 6 heteroatoms. The number of anilines is 1. The van der Waals surface area contributed by atoms with Gasteiger partial charge in [-0.25, -0.2) is 0 Å². The molecule has 1 amide bonds. The molecular weight excluding hydrogens is 407 g/mol. The molecule has 0 fully saturated rings. The number of hydrogen-bond donors (Lipinski definition) is 1.